The van der Waals surface area contributed by atoms with E-state index in [1.54, 1.807) is 0 Å². The summed E-state index contributed by atoms with van der Waals surface area (Å²) in [7, 11) is -3.69. The number of carbonyl (C=O) groups is 1. The first-order valence-corrected chi connectivity index (χ1v) is 7.53. The molecular formula is C10H17NO6S. The standard InChI is InChI=1S/C10H17NO6S/c12-9(13)10(3-5-16-7-10)11-18(14,15)6-8-2-1-4-17-8/h8,11H,1-7H2,(H,12,13). The summed E-state index contributed by atoms with van der Waals surface area (Å²) in [6.45, 7) is 0.676. The topological polar surface area (TPSA) is 102 Å². The number of sulfonamides is 1. The van der Waals surface area contributed by atoms with Gasteiger partial charge in [0.25, 0.3) is 0 Å². The fourth-order valence-electron chi connectivity index (χ4n) is 2.22. The minimum Gasteiger partial charge on any atom is -0.480 e. The zero-order valence-corrected chi connectivity index (χ0v) is 10.7. The van der Waals surface area contributed by atoms with E-state index in [4.69, 9.17) is 14.6 Å². The van der Waals surface area contributed by atoms with Crippen molar-refractivity contribution in [2.75, 3.05) is 25.6 Å². The summed E-state index contributed by atoms with van der Waals surface area (Å²) in [4.78, 5) is 11.2. The van der Waals surface area contributed by atoms with E-state index in [0.29, 0.717) is 13.0 Å². The summed E-state index contributed by atoms with van der Waals surface area (Å²) in [6, 6.07) is 0. The molecule has 2 aliphatic rings. The van der Waals surface area contributed by atoms with Gasteiger partial charge in [-0.25, -0.2) is 8.42 Å². The molecule has 8 heteroatoms. The van der Waals surface area contributed by atoms with E-state index in [1.165, 1.54) is 0 Å². The van der Waals surface area contributed by atoms with E-state index in [9.17, 15) is 13.2 Å². The van der Waals surface area contributed by atoms with Crippen molar-refractivity contribution in [1.29, 1.82) is 0 Å². The van der Waals surface area contributed by atoms with Crippen molar-refractivity contribution in [1.82, 2.24) is 4.72 Å². The zero-order valence-electron chi connectivity index (χ0n) is 9.92. The van der Waals surface area contributed by atoms with Crippen LogP contribution in [-0.4, -0.2) is 56.7 Å². The Bertz CT molecular complexity index is 408. The van der Waals surface area contributed by atoms with Crippen LogP contribution in [0.4, 0.5) is 0 Å². The minimum absolute atomic E-state index is 0.132. The number of carboxylic acids is 1. The van der Waals surface area contributed by atoms with Gasteiger partial charge in [-0.15, -0.1) is 0 Å². The van der Waals surface area contributed by atoms with E-state index < -0.39 is 21.5 Å². The molecular weight excluding hydrogens is 262 g/mol. The Hall–Kier alpha value is -0.700. The third-order valence-electron chi connectivity index (χ3n) is 3.21. The molecule has 18 heavy (non-hydrogen) atoms. The lowest BCUT2D eigenvalue weighted by atomic mass is 10.0. The Morgan fingerprint density at radius 2 is 2.22 bits per heavy atom. The summed E-state index contributed by atoms with van der Waals surface area (Å²) >= 11 is 0. The zero-order chi connectivity index (χ0) is 13.2. The van der Waals surface area contributed by atoms with Crippen molar-refractivity contribution < 1.29 is 27.8 Å². The first-order valence-electron chi connectivity index (χ1n) is 5.88. The largest absolute Gasteiger partial charge is 0.480 e. The van der Waals surface area contributed by atoms with Gasteiger partial charge in [0.05, 0.1) is 18.5 Å². The van der Waals surface area contributed by atoms with Crippen molar-refractivity contribution in [3.05, 3.63) is 0 Å². The van der Waals surface area contributed by atoms with Gasteiger partial charge in [-0.05, 0) is 12.8 Å². The number of aliphatic carboxylic acids is 1. The number of hydrogen-bond acceptors (Lipinski definition) is 5. The number of carboxylic acid groups (broad SMARTS) is 1. The Morgan fingerprint density at radius 1 is 1.44 bits per heavy atom. The molecule has 2 fully saturated rings. The number of rotatable bonds is 5. The van der Waals surface area contributed by atoms with Gasteiger partial charge in [-0.1, -0.05) is 0 Å². The average Bonchev–Trinajstić information content (AvgIpc) is 2.88. The molecule has 0 saturated carbocycles. The van der Waals surface area contributed by atoms with Gasteiger partial charge in [-0.2, -0.15) is 4.72 Å². The fourth-order valence-corrected chi connectivity index (χ4v) is 3.90. The lowest BCUT2D eigenvalue weighted by Crippen LogP contribution is -2.56. The highest BCUT2D eigenvalue weighted by molar-refractivity contribution is 7.89. The van der Waals surface area contributed by atoms with Crippen LogP contribution in [0.2, 0.25) is 0 Å². The predicted octanol–water partition coefficient (Wildman–Crippen LogP) is -0.671. The summed E-state index contributed by atoms with van der Waals surface area (Å²) in [5.74, 6) is -1.39. The van der Waals surface area contributed by atoms with E-state index >= 15 is 0 Å². The van der Waals surface area contributed by atoms with Crippen LogP contribution in [0.5, 0.6) is 0 Å². The highest BCUT2D eigenvalue weighted by Gasteiger charge is 2.46. The Kier molecular flexibility index (Phi) is 3.90. The second-order valence-electron chi connectivity index (χ2n) is 4.71. The van der Waals surface area contributed by atoms with E-state index in [1.807, 2.05) is 0 Å². The summed E-state index contributed by atoms with van der Waals surface area (Å²) in [5, 5.41) is 9.15. The first-order chi connectivity index (χ1) is 8.44. The van der Waals surface area contributed by atoms with Gasteiger partial charge < -0.3 is 14.6 Å². The molecule has 7 nitrogen and oxygen atoms in total. The van der Waals surface area contributed by atoms with Crippen LogP contribution in [0.15, 0.2) is 0 Å². The van der Waals surface area contributed by atoms with Crippen LogP contribution in [0.3, 0.4) is 0 Å². The molecule has 2 aliphatic heterocycles. The molecule has 2 rings (SSSR count). The van der Waals surface area contributed by atoms with Crippen molar-refractivity contribution in [2.24, 2.45) is 0 Å². The maximum absolute atomic E-state index is 11.9. The molecule has 0 aliphatic carbocycles. The number of ether oxygens (including phenoxy) is 2. The Morgan fingerprint density at radius 3 is 2.72 bits per heavy atom. The SMILES string of the molecule is O=C(O)C1(NS(=O)(=O)CC2CCCO2)CCOC1. The molecule has 0 bridgehead atoms. The lowest BCUT2D eigenvalue weighted by Gasteiger charge is -2.24. The molecule has 2 atom stereocenters. The van der Waals surface area contributed by atoms with Crippen LogP contribution in [0, 0.1) is 0 Å². The maximum Gasteiger partial charge on any atom is 0.327 e. The van der Waals surface area contributed by atoms with Crippen molar-refractivity contribution in [3.63, 3.8) is 0 Å². The summed E-state index contributed by atoms with van der Waals surface area (Å²) < 4.78 is 36.4. The van der Waals surface area contributed by atoms with Gasteiger partial charge in [0.2, 0.25) is 10.0 Å². The van der Waals surface area contributed by atoms with Gasteiger partial charge in [0, 0.05) is 19.6 Å². The number of nitrogens with one attached hydrogen (secondary N) is 1. The van der Waals surface area contributed by atoms with Crippen LogP contribution in [0.25, 0.3) is 0 Å². The quantitative estimate of drug-likeness (QED) is 0.692. The first kappa shape index (κ1) is 13.7. The summed E-state index contributed by atoms with van der Waals surface area (Å²) in [6.07, 6.45) is 1.34. The second-order valence-corrected chi connectivity index (χ2v) is 6.48. The maximum atomic E-state index is 11.9. The van der Waals surface area contributed by atoms with Gasteiger partial charge in [0.1, 0.15) is 0 Å². The molecule has 2 heterocycles. The molecule has 0 aromatic heterocycles. The van der Waals surface area contributed by atoms with Crippen molar-refractivity contribution >= 4 is 16.0 Å². The molecule has 2 saturated heterocycles. The second kappa shape index (κ2) is 5.12. The monoisotopic (exact) mass is 279 g/mol. The van der Waals surface area contributed by atoms with E-state index in [-0.39, 0.29) is 31.5 Å². The molecule has 0 radical (unpaired) electrons. The number of hydrogen-bond donors (Lipinski definition) is 2. The van der Waals surface area contributed by atoms with Crippen molar-refractivity contribution in [2.45, 2.75) is 30.9 Å². The van der Waals surface area contributed by atoms with Crippen LogP contribution in [0.1, 0.15) is 19.3 Å². The summed E-state index contributed by atoms with van der Waals surface area (Å²) in [5.41, 5.74) is -1.52. The smallest absolute Gasteiger partial charge is 0.327 e. The van der Waals surface area contributed by atoms with Crippen LogP contribution >= 0.6 is 0 Å². The van der Waals surface area contributed by atoms with E-state index in [0.717, 1.165) is 6.42 Å². The highest BCUT2D eigenvalue weighted by atomic mass is 32.2. The van der Waals surface area contributed by atoms with Crippen LogP contribution in [-0.2, 0) is 24.3 Å². The molecule has 2 N–H and O–H groups in total. The van der Waals surface area contributed by atoms with Gasteiger partial charge >= 0.3 is 5.97 Å². The van der Waals surface area contributed by atoms with Gasteiger partial charge in [0.15, 0.2) is 5.54 Å². The molecule has 0 spiro atoms. The molecule has 2 unspecified atom stereocenters. The Labute approximate surface area is 106 Å². The molecule has 0 amide bonds. The average molecular weight is 279 g/mol. The van der Waals surface area contributed by atoms with Crippen LogP contribution < -0.4 is 4.72 Å². The third kappa shape index (κ3) is 3.00. The highest BCUT2D eigenvalue weighted by Crippen LogP contribution is 2.21. The molecule has 0 aromatic rings. The van der Waals surface area contributed by atoms with E-state index in [2.05, 4.69) is 4.72 Å². The molecule has 104 valence electrons. The third-order valence-corrected chi connectivity index (χ3v) is 4.72. The lowest BCUT2D eigenvalue weighted by molar-refractivity contribution is -0.144. The minimum atomic E-state index is -3.69. The van der Waals surface area contributed by atoms with Gasteiger partial charge in [-0.3, -0.25) is 4.79 Å². The normalized spacial score (nSPS) is 32.8. The van der Waals surface area contributed by atoms with Crippen molar-refractivity contribution in [3.8, 4) is 0 Å². The predicted molar refractivity (Wildman–Crippen MR) is 61.7 cm³/mol. The fraction of sp³-hybridized carbons (Fsp3) is 0.900. The molecule has 0 aromatic carbocycles. The Balaban J connectivity index is 2.03.